The summed E-state index contributed by atoms with van der Waals surface area (Å²) < 4.78 is 0. The van der Waals surface area contributed by atoms with E-state index in [9.17, 15) is 4.79 Å². The molecule has 1 N–H and O–H groups in total. The number of benzene rings is 1. The van der Waals surface area contributed by atoms with Gasteiger partial charge in [-0.2, -0.15) is 5.26 Å². The highest BCUT2D eigenvalue weighted by Crippen LogP contribution is 2.12. The van der Waals surface area contributed by atoms with Crippen molar-refractivity contribution in [2.45, 2.75) is 39.5 Å². The predicted molar refractivity (Wildman–Crippen MR) is 76.8 cm³/mol. The van der Waals surface area contributed by atoms with E-state index >= 15 is 0 Å². The van der Waals surface area contributed by atoms with E-state index < -0.39 is 0 Å². The fourth-order valence-electron chi connectivity index (χ4n) is 2.20. The second-order valence-corrected chi connectivity index (χ2v) is 4.84. The molecule has 3 heteroatoms. The van der Waals surface area contributed by atoms with E-state index in [2.05, 4.69) is 19.2 Å². The summed E-state index contributed by atoms with van der Waals surface area (Å²) >= 11 is 0. The predicted octanol–water partition coefficient (Wildman–Crippen LogP) is 3.50. The van der Waals surface area contributed by atoms with Crippen LogP contribution in [0.15, 0.2) is 24.3 Å². The Balaban J connectivity index is 2.51. The molecule has 0 saturated heterocycles. The van der Waals surface area contributed by atoms with Crippen molar-refractivity contribution in [1.29, 1.82) is 5.26 Å². The first-order chi connectivity index (χ1) is 9.21. The molecule has 0 bridgehead atoms. The highest BCUT2D eigenvalue weighted by atomic mass is 16.1. The van der Waals surface area contributed by atoms with Crippen LogP contribution in [0.1, 0.15) is 55.5 Å². The minimum absolute atomic E-state index is 0.0540. The number of nitrogens with one attached hydrogen (secondary N) is 1. The van der Waals surface area contributed by atoms with Gasteiger partial charge in [0.25, 0.3) is 5.91 Å². The van der Waals surface area contributed by atoms with Crippen LogP contribution >= 0.6 is 0 Å². The molecule has 0 unspecified atom stereocenters. The number of amides is 1. The van der Waals surface area contributed by atoms with Crippen molar-refractivity contribution in [3.05, 3.63) is 35.4 Å². The maximum Gasteiger partial charge on any atom is 0.251 e. The minimum atomic E-state index is -0.0540. The van der Waals surface area contributed by atoms with Gasteiger partial charge in [0, 0.05) is 12.1 Å². The van der Waals surface area contributed by atoms with Crippen molar-refractivity contribution in [2.24, 2.45) is 5.92 Å². The van der Waals surface area contributed by atoms with Crippen molar-refractivity contribution < 1.29 is 4.79 Å². The molecule has 0 fully saturated rings. The van der Waals surface area contributed by atoms with Gasteiger partial charge in [-0.25, -0.2) is 0 Å². The van der Waals surface area contributed by atoms with Gasteiger partial charge in [0.2, 0.25) is 0 Å². The smallest absolute Gasteiger partial charge is 0.251 e. The van der Waals surface area contributed by atoms with Crippen molar-refractivity contribution in [3.63, 3.8) is 0 Å². The summed E-state index contributed by atoms with van der Waals surface area (Å²) in [6, 6.07) is 8.78. The summed E-state index contributed by atoms with van der Waals surface area (Å²) in [5.74, 6) is 0.513. The van der Waals surface area contributed by atoms with E-state index in [-0.39, 0.29) is 5.91 Å². The van der Waals surface area contributed by atoms with Gasteiger partial charge < -0.3 is 5.32 Å². The Morgan fingerprint density at radius 2 is 1.79 bits per heavy atom. The van der Waals surface area contributed by atoms with Gasteiger partial charge in [-0.05, 0) is 43.0 Å². The molecule has 0 atom stereocenters. The van der Waals surface area contributed by atoms with Crippen LogP contribution in [0, 0.1) is 17.2 Å². The SMILES string of the molecule is CCCC(CCC)CNC(=O)c1ccc(C#N)cc1. The molecule has 0 aliphatic rings. The third kappa shape index (κ3) is 5.13. The molecule has 0 aliphatic heterocycles. The van der Waals surface area contributed by atoms with Crippen LogP contribution in [-0.2, 0) is 0 Å². The topological polar surface area (TPSA) is 52.9 Å². The average molecular weight is 258 g/mol. The molecular formula is C16H22N2O. The minimum Gasteiger partial charge on any atom is -0.352 e. The van der Waals surface area contributed by atoms with E-state index in [1.54, 1.807) is 24.3 Å². The van der Waals surface area contributed by atoms with Gasteiger partial charge in [0.15, 0.2) is 0 Å². The van der Waals surface area contributed by atoms with Crippen LogP contribution in [0.3, 0.4) is 0 Å². The lowest BCUT2D eigenvalue weighted by atomic mass is 9.98. The Morgan fingerprint density at radius 3 is 2.26 bits per heavy atom. The molecule has 1 aromatic rings. The fourth-order valence-corrected chi connectivity index (χ4v) is 2.20. The Kier molecular flexibility index (Phi) is 6.67. The normalized spacial score (nSPS) is 10.2. The van der Waals surface area contributed by atoms with Crippen LogP contribution in [0.5, 0.6) is 0 Å². The maximum atomic E-state index is 12.0. The van der Waals surface area contributed by atoms with Crippen LogP contribution < -0.4 is 5.32 Å². The Bertz CT molecular complexity index is 425. The molecule has 0 aromatic heterocycles. The van der Waals surface area contributed by atoms with Crippen LogP contribution in [0.4, 0.5) is 0 Å². The molecule has 0 saturated carbocycles. The third-order valence-electron chi connectivity index (χ3n) is 3.22. The average Bonchev–Trinajstić information content (AvgIpc) is 2.45. The third-order valence-corrected chi connectivity index (χ3v) is 3.22. The summed E-state index contributed by atoms with van der Waals surface area (Å²) in [6.45, 7) is 5.08. The molecule has 0 heterocycles. The first-order valence-electron chi connectivity index (χ1n) is 6.99. The molecule has 1 amide bonds. The number of nitriles is 1. The summed E-state index contributed by atoms with van der Waals surface area (Å²) in [6.07, 6.45) is 4.61. The summed E-state index contributed by atoms with van der Waals surface area (Å²) in [4.78, 5) is 12.0. The van der Waals surface area contributed by atoms with E-state index in [4.69, 9.17) is 5.26 Å². The van der Waals surface area contributed by atoms with Gasteiger partial charge in [-0.15, -0.1) is 0 Å². The lowest BCUT2D eigenvalue weighted by molar-refractivity contribution is 0.0945. The number of carbonyl (C=O) groups is 1. The van der Waals surface area contributed by atoms with Crippen LogP contribution in [0.25, 0.3) is 0 Å². The molecule has 1 aromatic carbocycles. The van der Waals surface area contributed by atoms with Gasteiger partial charge in [-0.1, -0.05) is 26.7 Å². The molecule has 0 aliphatic carbocycles. The van der Waals surface area contributed by atoms with Crippen molar-refractivity contribution in [2.75, 3.05) is 6.54 Å². The second-order valence-electron chi connectivity index (χ2n) is 4.84. The molecule has 1 rings (SSSR count). The summed E-state index contributed by atoms with van der Waals surface area (Å²) in [5.41, 5.74) is 1.19. The van der Waals surface area contributed by atoms with E-state index in [1.807, 2.05) is 6.07 Å². The Labute approximate surface area is 115 Å². The highest BCUT2D eigenvalue weighted by Gasteiger charge is 2.10. The summed E-state index contributed by atoms with van der Waals surface area (Å²) in [7, 11) is 0. The first-order valence-corrected chi connectivity index (χ1v) is 6.99. The first kappa shape index (κ1) is 15.2. The van der Waals surface area contributed by atoms with Crippen molar-refractivity contribution >= 4 is 5.91 Å². The van der Waals surface area contributed by atoms with E-state index in [1.165, 1.54) is 0 Å². The second kappa shape index (κ2) is 8.31. The highest BCUT2D eigenvalue weighted by molar-refractivity contribution is 5.94. The Hall–Kier alpha value is -1.82. The molecule has 0 radical (unpaired) electrons. The molecule has 3 nitrogen and oxygen atoms in total. The van der Waals surface area contributed by atoms with Gasteiger partial charge in [-0.3, -0.25) is 4.79 Å². The monoisotopic (exact) mass is 258 g/mol. The van der Waals surface area contributed by atoms with Crippen LogP contribution in [0.2, 0.25) is 0 Å². The molecule has 102 valence electrons. The molecule has 19 heavy (non-hydrogen) atoms. The van der Waals surface area contributed by atoms with E-state index in [0.29, 0.717) is 17.0 Å². The number of rotatable bonds is 7. The van der Waals surface area contributed by atoms with Gasteiger partial charge >= 0.3 is 0 Å². The quantitative estimate of drug-likeness (QED) is 0.813. The zero-order valence-corrected chi connectivity index (χ0v) is 11.8. The summed E-state index contributed by atoms with van der Waals surface area (Å²) in [5, 5.41) is 11.7. The number of hydrogen-bond acceptors (Lipinski definition) is 2. The number of carbonyl (C=O) groups excluding carboxylic acids is 1. The van der Waals surface area contributed by atoms with Crippen molar-refractivity contribution in [1.82, 2.24) is 5.32 Å². The Morgan fingerprint density at radius 1 is 1.21 bits per heavy atom. The fraction of sp³-hybridized carbons (Fsp3) is 0.500. The van der Waals surface area contributed by atoms with E-state index in [0.717, 1.165) is 32.2 Å². The lowest BCUT2D eigenvalue weighted by Crippen LogP contribution is -2.29. The largest absolute Gasteiger partial charge is 0.352 e. The number of hydrogen-bond donors (Lipinski definition) is 1. The lowest BCUT2D eigenvalue weighted by Gasteiger charge is -2.16. The van der Waals surface area contributed by atoms with Gasteiger partial charge in [0.1, 0.15) is 0 Å². The standard InChI is InChI=1S/C16H22N2O/c1-3-5-14(6-4-2)12-18-16(19)15-9-7-13(11-17)8-10-15/h7-10,14H,3-6,12H2,1-2H3,(H,18,19). The van der Waals surface area contributed by atoms with Crippen LogP contribution in [-0.4, -0.2) is 12.5 Å². The molecule has 0 spiro atoms. The van der Waals surface area contributed by atoms with Gasteiger partial charge in [0.05, 0.1) is 11.6 Å². The molecular weight excluding hydrogens is 236 g/mol. The zero-order chi connectivity index (χ0) is 14.1. The maximum absolute atomic E-state index is 12.0. The van der Waals surface area contributed by atoms with Crippen molar-refractivity contribution in [3.8, 4) is 6.07 Å². The number of nitrogens with zero attached hydrogens (tertiary/aromatic N) is 1. The zero-order valence-electron chi connectivity index (χ0n) is 11.8.